The van der Waals surface area contributed by atoms with Crippen LogP contribution in [0.25, 0.3) is 11.0 Å². The minimum absolute atomic E-state index is 0.0365. The number of amides is 3. The third-order valence-corrected chi connectivity index (χ3v) is 4.92. The Morgan fingerprint density at radius 1 is 1.03 bits per heavy atom. The van der Waals surface area contributed by atoms with E-state index in [-0.39, 0.29) is 23.9 Å². The van der Waals surface area contributed by atoms with Gasteiger partial charge in [-0.25, -0.2) is 4.79 Å². The van der Waals surface area contributed by atoms with Gasteiger partial charge in [0.15, 0.2) is 0 Å². The molecule has 1 atom stereocenters. The zero-order chi connectivity index (χ0) is 21.0. The number of hydrogen-bond acceptors (Lipinski definition) is 3. The van der Waals surface area contributed by atoms with Gasteiger partial charge in [0.1, 0.15) is 11.3 Å². The summed E-state index contributed by atoms with van der Waals surface area (Å²) in [7, 11) is 1.74. The number of carbonyl (C=O) groups is 2. The zero-order valence-corrected chi connectivity index (χ0v) is 17.2. The molecular weight excluding hydrogens is 366 g/mol. The molecule has 0 unspecified atom stereocenters. The highest BCUT2D eigenvalue weighted by atomic mass is 16.3. The quantitative estimate of drug-likeness (QED) is 0.623. The fourth-order valence-electron chi connectivity index (χ4n) is 2.92. The van der Waals surface area contributed by atoms with Crippen LogP contribution in [0.1, 0.15) is 38.1 Å². The van der Waals surface area contributed by atoms with Crippen LogP contribution in [0.5, 0.6) is 0 Å². The summed E-state index contributed by atoms with van der Waals surface area (Å²) >= 11 is 0. The normalized spacial score (nSPS) is 12.0. The van der Waals surface area contributed by atoms with Gasteiger partial charge in [-0.2, -0.15) is 0 Å². The highest BCUT2D eigenvalue weighted by Gasteiger charge is 2.20. The molecule has 0 saturated heterocycles. The molecule has 0 aliphatic carbocycles. The SMILES string of the molecule is CC(C)C(=O)Nc1cccc(CNC(=O)N(C)[C@@H](C)c2cc3ccccc3o2)c1. The van der Waals surface area contributed by atoms with E-state index in [2.05, 4.69) is 10.6 Å². The van der Waals surface area contributed by atoms with Crippen molar-refractivity contribution in [1.82, 2.24) is 10.2 Å². The molecule has 2 aromatic carbocycles. The Morgan fingerprint density at radius 2 is 1.79 bits per heavy atom. The van der Waals surface area contributed by atoms with E-state index in [1.165, 1.54) is 0 Å². The molecule has 3 rings (SSSR count). The third-order valence-electron chi connectivity index (χ3n) is 4.92. The lowest BCUT2D eigenvalue weighted by atomic mass is 10.1. The van der Waals surface area contributed by atoms with Gasteiger partial charge in [0, 0.05) is 30.6 Å². The first-order valence-electron chi connectivity index (χ1n) is 9.74. The number of fused-ring (bicyclic) bond motifs is 1. The second-order valence-corrected chi connectivity index (χ2v) is 7.48. The number of furan rings is 1. The van der Waals surface area contributed by atoms with Gasteiger partial charge < -0.3 is 20.0 Å². The van der Waals surface area contributed by atoms with Crippen LogP contribution in [-0.2, 0) is 11.3 Å². The molecular formula is C23H27N3O3. The minimum Gasteiger partial charge on any atom is -0.459 e. The van der Waals surface area contributed by atoms with Crippen LogP contribution in [0.4, 0.5) is 10.5 Å². The second kappa shape index (κ2) is 8.82. The highest BCUT2D eigenvalue weighted by Crippen LogP contribution is 2.26. The maximum absolute atomic E-state index is 12.6. The fraction of sp³-hybridized carbons (Fsp3) is 0.304. The summed E-state index contributed by atoms with van der Waals surface area (Å²) in [6.45, 7) is 5.98. The minimum atomic E-state index is -0.209. The molecule has 0 aliphatic rings. The van der Waals surface area contributed by atoms with Crippen molar-refractivity contribution in [1.29, 1.82) is 0 Å². The Morgan fingerprint density at radius 3 is 2.52 bits per heavy atom. The van der Waals surface area contributed by atoms with Crippen LogP contribution in [0, 0.1) is 5.92 Å². The number of benzene rings is 2. The zero-order valence-electron chi connectivity index (χ0n) is 17.2. The van der Waals surface area contributed by atoms with Crippen molar-refractivity contribution in [2.45, 2.75) is 33.4 Å². The van der Waals surface area contributed by atoms with E-state index in [4.69, 9.17) is 4.42 Å². The van der Waals surface area contributed by atoms with E-state index in [0.717, 1.165) is 28.0 Å². The van der Waals surface area contributed by atoms with Gasteiger partial charge in [0.25, 0.3) is 0 Å². The van der Waals surface area contributed by atoms with Crippen molar-refractivity contribution in [3.63, 3.8) is 0 Å². The Bertz CT molecular complexity index is 976. The Labute approximate surface area is 170 Å². The average molecular weight is 393 g/mol. The predicted molar refractivity (Wildman–Crippen MR) is 115 cm³/mol. The van der Waals surface area contributed by atoms with Crippen LogP contribution >= 0.6 is 0 Å². The number of hydrogen-bond donors (Lipinski definition) is 2. The predicted octanol–water partition coefficient (Wildman–Crippen LogP) is 4.93. The molecule has 1 heterocycles. The topological polar surface area (TPSA) is 74.6 Å². The Kier molecular flexibility index (Phi) is 6.22. The van der Waals surface area contributed by atoms with Crippen LogP contribution in [-0.4, -0.2) is 23.9 Å². The van der Waals surface area contributed by atoms with E-state index >= 15 is 0 Å². The van der Waals surface area contributed by atoms with Crippen LogP contribution in [0.15, 0.2) is 59.0 Å². The lowest BCUT2D eigenvalue weighted by Crippen LogP contribution is -2.38. The molecule has 0 aliphatic heterocycles. The molecule has 29 heavy (non-hydrogen) atoms. The van der Waals surface area contributed by atoms with Gasteiger partial charge in [-0.3, -0.25) is 4.79 Å². The maximum Gasteiger partial charge on any atom is 0.318 e. The van der Waals surface area contributed by atoms with Gasteiger partial charge in [0.2, 0.25) is 5.91 Å². The van der Waals surface area contributed by atoms with E-state index in [1.807, 2.05) is 75.4 Å². The first kappa shape index (κ1) is 20.5. The first-order chi connectivity index (χ1) is 13.8. The number of carbonyl (C=O) groups excluding carboxylic acids is 2. The molecule has 0 spiro atoms. The number of urea groups is 1. The van der Waals surface area contributed by atoms with Crippen molar-refractivity contribution in [2.75, 3.05) is 12.4 Å². The summed E-state index contributed by atoms with van der Waals surface area (Å²) in [4.78, 5) is 26.1. The van der Waals surface area contributed by atoms with Crippen molar-refractivity contribution in [3.8, 4) is 0 Å². The van der Waals surface area contributed by atoms with Gasteiger partial charge in [-0.1, -0.05) is 44.2 Å². The molecule has 6 heteroatoms. The maximum atomic E-state index is 12.6. The molecule has 2 N–H and O–H groups in total. The Hall–Kier alpha value is -3.28. The fourth-order valence-corrected chi connectivity index (χ4v) is 2.92. The largest absolute Gasteiger partial charge is 0.459 e. The summed E-state index contributed by atoms with van der Waals surface area (Å²) in [6, 6.07) is 16.8. The summed E-state index contributed by atoms with van der Waals surface area (Å²) in [5.74, 6) is 0.611. The molecule has 1 aromatic heterocycles. The monoisotopic (exact) mass is 393 g/mol. The molecule has 152 valence electrons. The van der Waals surface area contributed by atoms with Crippen molar-refractivity contribution in [3.05, 3.63) is 65.9 Å². The summed E-state index contributed by atoms with van der Waals surface area (Å²) in [5, 5.41) is 6.81. The van der Waals surface area contributed by atoms with E-state index in [1.54, 1.807) is 11.9 Å². The van der Waals surface area contributed by atoms with Gasteiger partial charge in [-0.15, -0.1) is 0 Å². The van der Waals surface area contributed by atoms with Gasteiger partial charge >= 0.3 is 6.03 Å². The molecule has 0 fully saturated rings. The number of para-hydroxylation sites is 1. The first-order valence-corrected chi connectivity index (χ1v) is 9.74. The van der Waals surface area contributed by atoms with Gasteiger partial charge in [-0.05, 0) is 36.8 Å². The lowest BCUT2D eigenvalue weighted by Gasteiger charge is -2.23. The van der Waals surface area contributed by atoms with Crippen LogP contribution in [0.2, 0.25) is 0 Å². The summed E-state index contributed by atoms with van der Waals surface area (Å²) < 4.78 is 5.87. The molecule has 0 radical (unpaired) electrons. The summed E-state index contributed by atoms with van der Waals surface area (Å²) in [6.07, 6.45) is 0. The van der Waals surface area contributed by atoms with E-state index in [9.17, 15) is 9.59 Å². The van der Waals surface area contributed by atoms with Crippen LogP contribution < -0.4 is 10.6 Å². The molecule has 3 amide bonds. The number of anilines is 1. The van der Waals surface area contributed by atoms with Crippen LogP contribution in [0.3, 0.4) is 0 Å². The van der Waals surface area contributed by atoms with Gasteiger partial charge in [0.05, 0.1) is 6.04 Å². The van der Waals surface area contributed by atoms with E-state index in [0.29, 0.717) is 6.54 Å². The van der Waals surface area contributed by atoms with Crippen molar-refractivity contribution >= 4 is 28.6 Å². The molecule has 3 aromatic rings. The van der Waals surface area contributed by atoms with E-state index < -0.39 is 0 Å². The average Bonchev–Trinajstić information content (AvgIpc) is 3.15. The smallest absolute Gasteiger partial charge is 0.318 e. The molecule has 6 nitrogen and oxygen atoms in total. The summed E-state index contributed by atoms with van der Waals surface area (Å²) in [5.41, 5.74) is 2.44. The number of nitrogens with zero attached hydrogens (tertiary/aromatic N) is 1. The standard InChI is InChI=1S/C23H27N3O3/c1-15(2)22(27)25-19-10-7-8-17(12-19)14-24-23(28)26(4)16(3)21-13-18-9-5-6-11-20(18)29-21/h5-13,15-16H,14H2,1-4H3,(H,24,28)(H,25,27)/t16-/m0/s1. The van der Waals surface area contributed by atoms with Crippen molar-refractivity contribution in [2.24, 2.45) is 5.92 Å². The lowest BCUT2D eigenvalue weighted by molar-refractivity contribution is -0.118. The third kappa shape index (κ3) is 4.96. The highest BCUT2D eigenvalue weighted by molar-refractivity contribution is 5.92. The Balaban J connectivity index is 1.60. The number of nitrogens with one attached hydrogen (secondary N) is 2. The van der Waals surface area contributed by atoms with Crippen molar-refractivity contribution < 1.29 is 14.0 Å². The second-order valence-electron chi connectivity index (χ2n) is 7.48. The molecule has 0 saturated carbocycles. The molecule has 0 bridgehead atoms. The number of rotatable bonds is 6.